The number of hydrogen-bond donors (Lipinski definition) is 2. The Balaban J connectivity index is 1.71. The number of esters is 1. The van der Waals surface area contributed by atoms with Crippen LogP contribution >= 0.6 is 0 Å². The van der Waals surface area contributed by atoms with Crippen LogP contribution in [-0.2, 0) is 14.8 Å². The van der Waals surface area contributed by atoms with E-state index < -0.39 is 22.0 Å². The SMILES string of the molecule is Cc1ccc(S(=O)(=O)N[C@@H](C)C(=O)Oc2cc(-c3ccccc3)[nH]c2C)cc1. The van der Waals surface area contributed by atoms with E-state index in [1.165, 1.54) is 19.1 Å². The summed E-state index contributed by atoms with van der Waals surface area (Å²) in [5, 5.41) is 0. The van der Waals surface area contributed by atoms with Crippen molar-refractivity contribution < 1.29 is 17.9 Å². The zero-order valence-electron chi connectivity index (χ0n) is 15.9. The molecule has 3 rings (SSSR count). The van der Waals surface area contributed by atoms with Crippen LogP contribution in [0.4, 0.5) is 0 Å². The highest BCUT2D eigenvalue weighted by Gasteiger charge is 2.24. The molecule has 0 fully saturated rings. The Labute approximate surface area is 164 Å². The molecule has 28 heavy (non-hydrogen) atoms. The Morgan fingerprint density at radius 3 is 2.32 bits per heavy atom. The summed E-state index contributed by atoms with van der Waals surface area (Å²) in [6.45, 7) is 5.11. The number of ether oxygens (including phenoxy) is 1. The summed E-state index contributed by atoms with van der Waals surface area (Å²) in [5.74, 6) is -0.317. The molecule has 6 nitrogen and oxygen atoms in total. The molecule has 7 heteroatoms. The average Bonchev–Trinajstić information content (AvgIpc) is 3.03. The van der Waals surface area contributed by atoms with Gasteiger partial charge in [-0.15, -0.1) is 0 Å². The first kappa shape index (κ1) is 19.9. The van der Waals surface area contributed by atoms with E-state index in [1.54, 1.807) is 25.1 Å². The number of nitrogens with one attached hydrogen (secondary N) is 2. The van der Waals surface area contributed by atoms with Crippen LogP contribution in [0.15, 0.2) is 65.6 Å². The van der Waals surface area contributed by atoms with Crippen LogP contribution < -0.4 is 9.46 Å². The summed E-state index contributed by atoms with van der Waals surface area (Å²) in [6.07, 6.45) is 0. The Kier molecular flexibility index (Phi) is 5.67. The van der Waals surface area contributed by atoms with Gasteiger partial charge in [0, 0.05) is 11.8 Å². The lowest BCUT2D eigenvalue weighted by Gasteiger charge is -2.13. The minimum Gasteiger partial charge on any atom is -0.423 e. The van der Waals surface area contributed by atoms with E-state index in [-0.39, 0.29) is 4.90 Å². The summed E-state index contributed by atoms with van der Waals surface area (Å²) in [4.78, 5) is 15.7. The molecule has 0 bridgehead atoms. The quantitative estimate of drug-likeness (QED) is 0.621. The molecule has 0 amide bonds. The molecule has 0 aliphatic carbocycles. The second kappa shape index (κ2) is 8.00. The maximum absolute atomic E-state index is 12.4. The van der Waals surface area contributed by atoms with E-state index in [0.29, 0.717) is 11.4 Å². The number of aromatic amines is 1. The Morgan fingerprint density at radius 2 is 1.68 bits per heavy atom. The largest absolute Gasteiger partial charge is 0.423 e. The fourth-order valence-electron chi connectivity index (χ4n) is 2.68. The van der Waals surface area contributed by atoms with Gasteiger partial charge < -0.3 is 9.72 Å². The van der Waals surface area contributed by atoms with Gasteiger partial charge in [0.1, 0.15) is 6.04 Å². The van der Waals surface area contributed by atoms with Gasteiger partial charge in [-0.1, -0.05) is 48.0 Å². The molecule has 0 aliphatic heterocycles. The molecule has 1 atom stereocenters. The van der Waals surface area contributed by atoms with Crippen molar-refractivity contribution in [2.45, 2.75) is 31.7 Å². The summed E-state index contributed by atoms with van der Waals surface area (Å²) in [5.41, 5.74) is 3.40. The van der Waals surface area contributed by atoms with Crippen LogP contribution in [0.25, 0.3) is 11.3 Å². The number of sulfonamides is 1. The number of H-pyrrole nitrogens is 1. The van der Waals surface area contributed by atoms with Crippen molar-refractivity contribution in [1.29, 1.82) is 0 Å². The molecule has 0 unspecified atom stereocenters. The second-order valence-corrected chi connectivity index (χ2v) is 8.33. The van der Waals surface area contributed by atoms with Crippen LogP contribution in [0.3, 0.4) is 0 Å². The number of benzene rings is 2. The van der Waals surface area contributed by atoms with Crippen molar-refractivity contribution in [2.24, 2.45) is 0 Å². The van der Waals surface area contributed by atoms with Crippen LogP contribution in [-0.4, -0.2) is 25.4 Å². The first-order chi connectivity index (χ1) is 13.3. The zero-order chi connectivity index (χ0) is 20.3. The summed E-state index contributed by atoms with van der Waals surface area (Å²) in [6, 6.07) is 16.7. The molecular weight excluding hydrogens is 376 g/mol. The Morgan fingerprint density at radius 1 is 1.04 bits per heavy atom. The lowest BCUT2D eigenvalue weighted by molar-refractivity contribution is -0.135. The fourth-order valence-corrected chi connectivity index (χ4v) is 3.87. The van der Waals surface area contributed by atoms with Crippen molar-refractivity contribution in [3.63, 3.8) is 0 Å². The maximum atomic E-state index is 12.4. The van der Waals surface area contributed by atoms with Crippen LogP contribution in [0.5, 0.6) is 5.75 Å². The third kappa shape index (κ3) is 4.49. The lowest BCUT2D eigenvalue weighted by Crippen LogP contribution is -2.40. The first-order valence-electron chi connectivity index (χ1n) is 8.82. The maximum Gasteiger partial charge on any atom is 0.329 e. The van der Waals surface area contributed by atoms with Crippen molar-refractivity contribution in [1.82, 2.24) is 9.71 Å². The number of hydrogen-bond acceptors (Lipinski definition) is 4. The molecule has 1 aromatic heterocycles. The predicted molar refractivity (Wildman–Crippen MR) is 108 cm³/mol. The van der Waals surface area contributed by atoms with Crippen molar-refractivity contribution in [3.8, 4) is 17.0 Å². The normalized spacial score (nSPS) is 12.5. The summed E-state index contributed by atoms with van der Waals surface area (Å²) >= 11 is 0. The van der Waals surface area contributed by atoms with E-state index >= 15 is 0 Å². The molecule has 3 aromatic rings. The predicted octanol–water partition coefficient (Wildman–Crippen LogP) is 3.57. The summed E-state index contributed by atoms with van der Waals surface area (Å²) in [7, 11) is -3.82. The van der Waals surface area contributed by atoms with Gasteiger partial charge >= 0.3 is 5.97 Å². The van der Waals surface area contributed by atoms with Crippen LogP contribution in [0.1, 0.15) is 18.2 Å². The smallest absolute Gasteiger partial charge is 0.329 e. The van der Waals surface area contributed by atoms with Gasteiger partial charge in [-0.25, -0.2) is 13.2 Å². The zero-order valence-corrected chi connectivity index (χ0v) is 16.7. The van der Waals surface area contributed by atoms with Crippen LogP contribution in [0.2, 0.25) is 0 Å². The van der Waals surface area contributed by atoms with E-state index in [9.17, 15) is 13.2 Å². The molecule has 1 heterocycles. The average molecular weight is 398 g/mol. The van der Waals surface area contributed by atoms with E-state index in [4.69, 9.17) is 4.74 Å². The van der Waals surface area contributed by atoms with Gasteiger partial charge in [-0.05, 0) is 38.5 Å². The van der Waals surface area contributed by atoms with Gasteiger partial charge in [-0.2, -0.15) is 4.72 Å². The lowest BCUT2D eigenvalue weighted by atomic mass is 10.2. The molecule has 0 spiro atoms. The van der Waals surface area contributed by atoms with Gasteiger partial charge in [0.25, 0.3) is 0 Å². The highest BCUT2D eigenvalue weighted by Crippen LogP contribution is 2.27. The standard InChI is InChI=1S/C21H22N2O4S/c1-14-9-11-18(12-10-14)28(25,26)23-16(3)21(24)27-20-13-19(22-15(20)2)17-7-5-4-6-8-17/h4-13,16,22-23H,1-3H3/t16-/m0/s1. The van der Waals surface area contributed by atoms with Crippen LogP contribution in [0, 0.1) is 13.8 Å². The van der Waals surface area contributed by atoms with Crippen molar-refractivity contribution >= 4 is 16.0 Å². The van der Waals surface area contributed by atoms with Gasteiger partial charge in [0.2, 0.25) is 10.0 Å². The minimum absolute atomic E-state index is 0.0990. The number of aromatic nitrogens is 1. The molecule has 0 aliphatic rings. The van der Waals surface area contributed by atoms with Gasteiger partial charge in [-0.3, -0.25) is 0 Å². The second-order valence-electron chi connectivity index (χ2n) is 6.62. The van der Waals surface area contributed by atoms with E-state index in [0.717, 1.165) is 16.8 Å². The third-order valence-corrected chi connectivity index (χ3v) is 5.84. The molecule has 146 valence electrons. The highest BCUT2D eigenvalue weighted by molar-refractivity contribution is 7.89. The highest BCUT2D eigenvalue weighted by atomic mass is 32.2. The molecule has 0 saturated heterocycles. The molecule has 2 aromatic carbocycles. The van der Waals surface area contributed by atoms with Crippen molar-refractivity contribution in [3.05, 3.63) is 71.9 Å². The van der Waals surface area contributed by atoms with Crippen molar-refractivity contribution in [2.75, 3.05) is 0 Å². The molecule has 2 N–H and O–H groups in total. The molecular formula is C21H22N2O4S. The molecule has 0 saturated carbocycles. The van der Waals surface area contributed by atoms with E-state index in [2.05, 4.69) is 9.71 Å². The Hall–Kier alpha value is -2.90. The monoisotopic (exact) mass is 398 g/mol. The van der Waals surface area contributed by atoms with E-state index in [1.807, 2.05) is 37.3 Å². The third-order valence-electron chi connectivity index (χ3n) is 4.28. The molecule has 0 radical (unpaired) electrons. The fraction of sp³-hybridized carbons (Fsp3) is 0.190. The topological polar surface area (TPSA) is 88.3 Å². The number of aryl methyl sites for hydroxylation is 2. The van der Waals surface area contributed by atoms with Gasteiger partial charge in [0.05, 0.1) is 10.6 Å². The number of rotatable bonds is 6. The minimum atomic E-state index is -3.82. The first-order valence-corrected chi connectivity index (χ1v) is 10.3. The Bertz CT molecular complexity index is 1070. The van der Waals surface area contributed by atoms with Gasteiger partial charge in [0.15, 0.2) is 5.75 Å². The number of carbonyl (C=O) groups excluding carboxylic acids is 1. The summed E-state index contributed by atoms with van der Waals surface area (Å²) < 4.78 is 32.7. The number of carbonyl (C=O) groups is 1.